The first-order valence-electron chi connectivity index (χ1n) is 10.9. The van der Waals surface area contributed by atoms with Gasteiger partial charge in [0, 0.05) is 30.1 Å². The first-order chi connectivity index (χ1) is 15.6. The van der Waals surface area contributed by atoms with Crippen LogP contribution in [0.25, 0.3) is 11.1 Å². The minimum absolute atomic E-state index is 0.000465. The molecule has 3 amide bonds. The summed E-state index contributed by atoms with van der Waals surface area (Å²) in [6.07, 6.45) is 0.389. The number of benzene rings is 2. The van der Waals surface area contributed by atoms with Crippen molar-refractivity contribution in [2.45, 2.75) is 33.2 Å². The van der Waals surface area contributed by atoms with E-state index in [0.29, 0.717) is 41.5 Å². The molecular formula is C25H28ClN3O4. The number of anilines is 1. The van der Waals surface area contributed by atoms with Crippen LogP contribution >= 0.6 is 11.6 Å². The lowest BCUT2D eigenvalue weighted by Gasteiger charge is -2.40. The van der Waals surface area contributed by atoms with Crippen molar-refractivity contribution in [3.05, 3.63) is 47.0 Å². The number of nitrogens with zero attached hydrogens (tertiary/aromatic N) is 2. The maximum absolute atomic E-state index is 13.5. The zero-order chi connectivity index (χ0) is 23.9. The molecular weight excluding hydrogens is 442 g/mol. The average molecular weight is 470 g/mol. The zero-order valence-corrected chi connectivity index (χ0v) is 20.0. The Morgan fingerprint density at radius 1 is 1.12 bits per heavy atom. The lowest BCUT2D eigenvalue weighted by molar-refractivity contribution is -0.137. The van der Waals surface area contributed by atoms with Gasteiger partial charge >= 0.3 is 0 Å². The van der Waals surface area contributed by atoms with E-state index < -0.39 is 6.04 Å². The van der Waals surface area contributed by atoms with Crippen LogP contribution in [0.1, 0.15) is 37.6 Å². The van der Waals surface area contributed by atoms with E-state index in [1.54, 1.807) is 47.2 Å². The second kappa shape index (κ2) is 8.71. The molecule has 0 bridgehead atoms. The van der Waals surface area contributed by atoms with Gasteiger partial charge in [-0.25, -0.2) is 0 Å². The Bertz CT molecular complexity index is 1130. The third-order valence-corrected chi connectivity index (χ3v) is 6.19. The Balaban J connectivity index is 1.64. The number of methoxy groups -OCH3 is 1. The Kier molecular flexibility index (Phi) is 6.10. The SMILES string of the molecule is COc1ccc(Cl)cc1-c1ccc2c(c1)C(=O)N1CCN(C(=O)CC(C)(C)C)C[C@@H]1C(=O)N2. The van der Waals surface area contributed by atoms with Crippen LogP contribution in [-0.2, 0) is 9.59 Å². The molecule has 0 saturated carbocycles. The second-order valence-corrected chi connectivity index (χ2v) is 10.1. The zero-order valence-electron chi connectivity index (χ0n) is 19.3. The van der Waals surface area contributed by atoms with Gasteiger partial charge < -0.3 is 19.9 Å². The number of piperazine rings is 1. The van der Waals surface area contributed by atoms with E-state index in [9.17, 15) is 14.4 Å². The lowest BCUT2D eigenvalue weighted by atomic mass is 9.91. The highest BCUT2D eigenvalue weighted by Crippen LogP contribution is 2.36. The molecule has 2 aliphatic heterocycles. The largest absolute Gasteiger partial charge is 0.496 e. The fraction of sp³-hybridized carbons (Fsp3) is 0.400. The molecule has 0 spiro atoms. The van der Waals surface area contributed by atoms with Crippen molar-refractivity contribution >= 4 is 35.0 Å². The highest BCUT2D eigenvalue weighted by Gasteiger charge is 2.40. The van der Waals surface area contributed by atoms with E-state index in [-0.39, 0.29) is 29.7 Å². The normalized spacial score (nSPS) is 18.3. The molecule has 2 aromatic rings. The predicted molar refractivity (Wildman–Crippen MR) is 128 cm³/mol. The Morgan fingerprint density at radius 3 is 2.58 bits per heavy atom. The summed E-state index contributed by atoms with van der Waals surface area (Å²) >= 11 is 6.19. The fourth-order valence-electron chi connectivity index (χ4n) is 4.32. The minimum atomic E-state index is -0.730. The van der Waals surface area contributed by atoms with E-state index >= 15 is 0 Å². The summed E-state index contributed by atoms with van der Waals surface area (Å²) < 4.78 is 5.46. The number of halogens is 1. The summed E-state index contributed by atoms with van der Waals surface area (Å²) in [5, 5.41) is 3.43. The van der Waals surface area contributed by atoms with Crippen LogP contribution in [-0.4, -0.2) is 60.3 Å². The van der Waals surface area contributed by atoms with E-state index in [0.717, 1.165) is 11.1 Å². The quantitative estimate of drug-likeness (QED) is 0.735. The fourth-order valence-corrected chi connectivity index (χ4v) is 4.49. The van der Waals surface area contributed by atoms with Gasteiger partial charge in [-0.15, -0.1) is 0 Å². The minimum Gasteiger partial charge on any atom is -0.496 e. The molecule has 2 heterocycles. The van der Waals surface area contributed by atoms with Crippen LogP contribution in [0.5, 0.6) is 5.75 Å². The lowest BCUT2D eigenvalue weighted by Crippen LogP contribution is -2.59. The molecule has 7 nitrogen and oxygen atoms in total. The molecule has 0 aliphatic carbocycles. The maximum atomic E-state index is 13.5. The van der Waals surface area contributed by atoms with Crippen LogP contribution in [0.4, 0.5) is 5.69 Å². The van der Waals surface area contributed by atoms with Crippen LogP contribution in [0.2, 0.25) is 5.02 Å². The molecule has 1 N–H and O–H groups in total. The summed E-state index contributed by atoms with van der Waals surface area (Å²) in [6.45, 7) is 6.92. The summed E-state index contributed by atoms with van der Waals surface area (Å²) in [4.78, 5) is 42.5. The first-order valence-corrected chi connectivity index (χ1v) is 11.3. The van der Waals surface area contributed by atoms with Crippen molar-refractivity contribution in [3.63, 3.8) is 0 Å². The summed E-state index contributed by atoms with van der Waals surface area (Å²) in [7, 11) is 1.58. The monoisotopic (exact) mass is 469 g/mol. The van der Waals surface area contributed by atoms with Crippen LogP contribution < -0.4 is 10.1 Å². The second-order valence-electron chi connectivity index (χ2n) is 9.69. The Labute approximate surface area is 198 Å². The highest BCUT2D eigenvalue weighted by molar-refractivity contribution is 6.31. The number of rotatable bonds is 3. The third-order valence-electron chi connectivity index (χ3n) is 5.96. The maximum Gasteiger partial charge on any atom is 0.256 e. The molecule has 174 valence electrons. The number of nitrogens with one attached hydrogen (secondary N) is 1. The molecule has 2 aromatic carbocycles. The van der Waals surface area contributed by atoms with Gasteiger partial charge in [-0.1, -0.05) is 38.4 Å². The molecule has 33 heavy (non-hydrogen) atoms. The Hall–Kier alpha value is -3.06. The molecule has 4 rings (SSSR count). The molecule has 0 aromatic heterocycles. The van der Waals surface area contributed by atoms with Gasteiger partial charge in [0.25, 0.3) is 5.91 Å². The van der Waals surface area contributed by atoms with Gasteiger partial charge in [-0.2, -0.15) is 0 Å². The van der Waals surface area contributed by atoms with E-state index in [4.69, 9.17) is 16.3 Å². The standard InChI is InChI=1S/C25H28ClN3O4/c1-25(2,3)13-22(30)28-9-10-29-20(14-28)23(31)27-19-7-5-15(11-18(19)24(29)32)17-12-16(26)6-8-21(17)33-4/h5-8,11-12,20H,9-10,13-14H2,1-4H3,(H,27,31)/t20-/m1/s1. The van der Waals surface area contributed by atoms with Gasteiger partial charge in [0.15, 0.2) is 0 Å². The number of fused-ring (bicyclic) bond motifs is 2. The van der Waals surface area contributed by atoms with E-state index in [1.807, 2.05) is 26.8 Å². The van der Waals surface area contributed by atoms with E-state index in [1.165, 1.54) is 0 Å². The third kappa shape index (κ3) is 4.69. The van der Waals surface area contributed by atoms with Gasteiger partial charge in [-0.05, 0) is 41.3 Å². The number of ether oxygens (including phenoxy) is 1. The summed E-state index contributed by atoms with van der Waals surface area (Å²) in [5.41, 5.74) is 2.22. The Morgan fingerprint density at radius 2 is 1.88 bits per heavy atom. The van der Waals surface area contributed by atoms with Crippen LogP contribution in [0, 0.1) is 5.41 Å². The molecule has 2 aliphatic rings. The van der Waals surface area contributed by atoms with Crippen molar-refractivity contribution in [2.24, 2.45) is 5.41 Å². The highest BCUT2D eigenvalue weighted by atomic mass is 35.5. The van der Waals surface area contributed by atoms with Crippen LogP contribution in [0.15, 0.2) is 36.4 Å². The predicted octanol–water partition coefficient (Wildman–Crippen LogP) is 4.06. The number of hydrogen-bond acceptors (Lipinski definition) is 4. The van der Waals surface area contributed by atoms with Crippen molar-refractivity contribution in [1.29, 1.82) is 0 Å². The van der Waals surface area contributed by atoms with Crippen molar-refractivity contribution < 1.29 is 19.1 Å². The molecule has 0 radical (unpaired) electrons. The number of carbonyl (C=O) groups is 3. The molecule has 0 unspecified atom stereocenters. The van der Waals surface area contributed by atoms with Crippen molar-refractivity contribution in [1.82, 2.24) is 9.80 Å². The number of carbonyl (C=O) groups excluding carboxylic acids is 3. The smallest absolute Gasteiger partial charge is 0.256 e. The molecule has 1 fully saturated rings. The van der Waals surface area contributed by atoms with Crippen molar-refractivity contribution in [3.8, 4) is 16.9 Å². The molecule has 1 atom stereocenters. The molecule has 1 saturated heterocycles. The summed E-state index contributed by atoms with van der Waals surface area (Å²) in [5.74, 6) is 0.107. The average Bonchev–Trinajstić information content (AvgIpc) is 2.86. The van der Waals surface area contributed by atoms with Gasteiger partial charge in [0.2, 0.25) is 11.8 Å². The topological polar surface area (TPSA) is 79.0 Å². The number of amides is 3. The molecule has 8 heteroatoms. The van der Waals surface area contributed by atoms with Gasteiger partial charge in [0.1, 0.15) is 11.8 Å². The van der Waals surface area contributed by atoms with Gasteiger partial charge in [0.05, 0.1) is 24.9 Å². The van der Waals surface area contributed by atoms with E-state index in [2.05, 4.69) is 5.32 Å². The first kappa shape index (κ1) is 23.1. The van der Waals surface area contributed by atoms with Crippen molar-refractivity contribution in [2.75, 3.05) is 32.1 Å². The van der Waals surface area contributed by atoms with Crippen LogP contribution in [0.3, 0.4) is 0 Å². The number of hydrogen-bond donors (Lipinski definition) is 1. The van der Waals surface area contributed by atoms with Gasteiger partial charge in [-0.3, -0.25) is 14.4 Å². The summed E-state index contributed by atoms with van der Waals surface area (Å²) in [6, 6.07) is 9.87.